The zero-order valence-electron chi connectivity index (χ0n) is 21.5. The van der Waals surface area contributed by atoms with E-state index in [1.807, 2.05) is 70.2 Å². The molecule has 0 aromatic heterocycles. The Kier molecular flexibility index (Phi) is 11.3. The van der Waals surface area contributed by atoms with Crippen LogP contribution in [-0.4, -0.2) is 40.8 Å². The van der Waals surface area contributed by atoms with Crippen LogP contribution < -0.4 is 20.9 Å². The maximum atomic E-state index is 13.4. The molecular formula is C27H37N3O5S. The number of thioether (sulfide) groups is 1. The summed E-state index contributed by atoms with van der Waals surface area (Å²) in [7, 11) is 1.61. The van der Waals surface area contributed by atoms with Gasteiger partial charge in [-0.25, -0.2) is 5.48 Å². The van der Waals surface area contributed by atoms with Gasteiger partial charge in [-0.05, 0) is 56.0 Å². The van der Waals surface area contributed by atoms with Crippen LogP contribution >= 0.6 is 11.8 Å². The van der Waals surface area contributed by atoms with Gasteiger partial charge in [0.15, 0.2) is 0 Å². The van der Waals surface area contributed by atoms with Gasteiger partial charge in [0.05, 0.1) is 7.11 Å². The van der Waals surface area contributed by atoms with Crippen molar-refractivity contribution in [2.24, 2.45) is 11.8 Å². The Morgan fingerprint density at radius 1 is 1.00 bits per heavy atom. The Hall–Kier alpha value is -3.04. The van der Waals surface area contributed by atoms with Gasteiger partial charge in [0.25, 0.3) is 0 Å². The number of hydroxylamine groups is 1. The molecule has 0 aliphatic heterocycles. The van der Waals surface area contributed by atoms with Crippen LogP contribution in [0.15, 0.2) is 54.6 Å². The second-order valence-corrected chi connectivity index (χ2v) is 11.2. The molecular weight excluding hydrogens is 478 g/mol. The predicted molar refractivity (Wildman–Crippen MR) is 143 cm³/mol. The minimum atomic E-state index is -0.889. The molecule has 2 aromatic carbocycles. The molecule has 3 amide bonds. The highest BCUT2D eigenvalue weighted by Gasteiger charge is 2.38. The normalized spacial score (nSPS) is 13.0. The second kappa shape index (κ2) is 13.9. The van der Waals surface area contributed by atoms with Gasteiger partial charge in [0.1, 0.15) is 11.8 Å². The molecule has 2 rings (SSSR count). The smallest absolute Gasteiger partial charge is 0.248 e. The summed E-state index contributed by atoms with van der Waals surface area (Å²) in [4.78, 5) is 38.6. The third-order valence-electron chi connectivity index (χ3n) is 5.74. The predicted octanol–water partition coefficient (Wildman–Crippen LogP) is 4.39. The first-order valence-electron chi connectivity index (χ1n) is 11.9. The minimum Gasteiger partial charge on any atom is -0.497 e. The number of hydrogen-bond donors (Lipinski definition) is 4. The van der Waals surface area contributed by atoms with Crippen LogP contribution in [0.5, 0.6) is 5.75 Å². The monoisotopic (exact) mass is 515 g/mol. The van der Waals surface area contributed by atoms with Crippen LogP contribution in [0.2, 0.25) is 0 Å². The van der Waals surface area contributed by atoms with E-state index in [-0.39, 0.29) is 18.2 Å². The number of ether oxygens (including phenoxy) is 1. The van der Waals surface area contributed by atoms with Crippen molar-refractivity contribution in [3.63, 3.8) is 0 Å². The van der Waals surface area contributed by atoms with E-state index in [9.17, 15) is 14.4 Å². The van der Waals surface area contributed by atoms with E-state index < -0.39 is 28.5 Å². The standard InChI is InChI=1S/C27H37N3O5S/c1-18(2)15-20(16-23(31)30-34)25(32)29-24(26(33)28-21-9-7-6-8-10-21)27(3,4)36-17-19-11-13-22(35-5)14-12-19/h6-14,18,20,24,34H,15-17H2,1-5H3,(H,28,33)(H,29,32)(H,30,31). The van der Waals surface area contributed by atoms with Crippen LogP contribution in [-0.2, 0) is 20.1 Å². The molecule has 9 heteroatoms. The first-order chi connectivity index (χ1) is 17.1. The summed E-state index contributed by atoms with van der Waals surface area (Å²) in [5.74, 6) is -0.569. The van der Waals surface area contributed by atoms with Gasteiger partial charge >= 0.3 is 0 Å². The van der Waals surface area contributed by atoms with Gasteiger partial charge in [-0.15, -0.1) is 11.8 Å². The molecule has 0 saturated heterocycles. The average Bonchev–Trinajstić information content (AvgIpc) is 2.85. The van der Waals surface area contributed by atoms with Crippen molar-refractivity contribution in [1.82, 2.24) is 10.8 Å². The Morgan fingerprint density at radius 2 is 1.64 bits per heavy atom. The lowest BCUT2D eigenvalue weighted by Gasteiger charge is -2.34. The highest BCUT2D eigenvalue weighted by molar-refractivity contribution is 7.99. The maximum Gasteiger partial charge on any atom is 0.248 e. The van der Waals surface area contributed by atoms with Gasteiger partial charge < -0.3 is 15.4 Å². The van der Waals surface area contributed by atoms with E-state index in [1.54, 1.807) is 36.5 Å². The van der Waals surface area contributed by atoms with Crippen molar-refractivity contribution in [2.75, 3.05) is 12.4 Å². The fraction of sp³-hybridized carbons (Fsp3) is 0.444. The second-order valence-electron chi connectivity index (χ2n) is 9.60. The third-order valence-corrected chi connectivity index (χ3v) is 7.20. The van der Waals surface area contributed by atoms with Gasteiger partial charge in [0.2, 0.25) is 17.7 Å². The number of benzene rings is 2. The molecule has 196 valence electrons. The van der Waals surface area contributed by atoms with Gasteiger partial charge in [-0.1, -0.05) is 44.2 Å². The van der Waals surface area contributed by atoms with Crippen molar-refractivity contribution < 1.29 is 24.3 Å². The molecule has 0 spiro atoms. The van der Waals surface area contributed by atoms with E-state index in [0.717, 1.165) is 11.3 Å². The fourth-order valence-corrected chi connectivity index (χ4v) is 4.81. The number of methoxy groups -OCH3 is 1. The minimum absolute atomic E-state index is 0.140. The number of amides is 3. The van der Waals surface area contributed by atoms with Crippen molar-refractivity contribution in [3.8, 4) is 5.75 Å². The molecule has 2 unspecified atom stereocenters. The molecule has 2 aromatic rings. The fourth-order valence-electron chi connectivity index (χ4n) is 3.75. The summed E-state index contributed by atoms with van der Waals surface area (Å²) < 4.78 is 4.52. The highest BCUT2D eigenvalue weighted by Crippen LogP contribution is 2.33. The molecule has 0 fully saturated rings. The zero-order chi connectivity index (χ0) is 26.7. The molecule has 0 heterocycles. The van der Waals surface area contributed by atoms with E-state index >= 15 is 0 Å². The molecule has 0 radical (unpaired) electrons. The molecule has 0 saturated carbocycles. The van der Waals surface area contributed by atoms with Crippen molar-refractivity contribution in [2.45, 2.75) is 57.1 Å². The Bertz CT molecular complexity index is 996. The largest absolute Gasteiger partial charge is 0.497 e. The van der Waals surface area contributed by atoms with Gasteiger partial charge in [-0.3, -0.25) is 19.6 Å². The maximum absolute atomic E-state index is 13.4. The SMILES string of the molecule is COc1ccc(CSC(C)(C)C(NC(=O)C(CC(=O)NO)CC(C)C)C(=O)Nc2ccccc2)cc1. The number of anilines is 1. The molecule has 0 aliphatic rings. The topological polar surface area (TPSA) is 117 Å². The summed E-state index contributed by atoms with van der Waals surface area (Å²) >= 11 is 1.54. The van der Waals surface area contributed by atoms with Crippen LogP contribution in [0.3, 0.4) is 0 Å². The zero-order valence-corrected chi connectivity index (χ0v) is 22.4. The van der Waals surface area contributed by atoms with Gasteiger partial charge in [-0.2, -0.15) is 0 Å². The van der Waals surface area contributed by atoms with E-state index in [0.29, 0.717) is 17.9 Å². The quantitative estimate of drug-likeness (QED) is 0.232. The van der Waals surface area contributed by atoms with Crippen LogP contribution in [0.25, 0.3) is 0 Å². The number of carbonyl (C=O) groups excluding carboxylic acids is 3. The number of nitrogens with one attached hydrogen (secondary N) is 3. The number of carbonyl (C=O) groups is 3. The first kappa shape index (κ1) is 29.2. The van der Waals surface area contributed by atoms with E-state index in [1.165, 1.54) is 0 Å². The molecule has 2 atom stereocenters. The van der Waals surface area contributed by atoms with E-state index in [2.05, 4.69) is 10.6 Å². The van der Waals surface area contributed by atoms with Crippen molar-refractivity contribution in [1.29, 1.82) is 0 Å². The molecule has 8 nitrogen and oxygen atoms in total. The average molecular weight is 516 g/mol. The number of rotatable bonds is 13. The lowest BCUT2D eigenvalue weighted by atomic mass is 9.92. The Labute approximate surface area is 217 Å². The van der Waals surface area contributed by atoms with E-state index in [4.69, 9.17) is 9.94 Å². The number of hydrogen-bond acceptors (Lipinski definition) is 6. The molecule has 0 aliphatic carbocycles. The van der Waals surface area contributed by atoms with Crippen LogP contribution in [0, 0.1) is 11.8 Å². The summed E-state index contributed by atoms with van der Waals surface area (Å²) in [6, 6.07) is 15.9. The molecule has 36 heavy (non-hydrogen) atoms. The molecule has 4 N–H and O–H groups in total. The van der Waals surface area contributed by atoms with Gasteiger partial charge in [0, 0.05) is 28.5 Å². The summed E-state index contributed by atoms with van der Waals surface area (Å²) in [6.45, 7) is 7.72. The number of para-hydroxylation sites is 1. The van der Waals surface area contributed by atoms with Crippen LogP contribution in [0.1, 0.15) is 46.1 Å². The summed E-state index contributed by atoms with van der Waals surface area (Å²) in [5, 5.41) is 14.8. The van der Waals surface area contributed by atoms with Crippen molar-refractivity contribution in [3.05, 3.63) is 60.2 Å². The lowest BCUT2D eigenvalue weighted by Crippen LogP contribution is -2.56. The highest BCUT2D eigenvalue weighted by atomic mass is 32.2. The summed E-state index contributed by atoms with van der Waals surface area (Å²) in [5.41, 5.74) is 3.27. The first-order valence-corrected chi connectivity index (χ1v) is 12.9. The Morgan fingerprint density at radius 3 is 2.19 bits per heavy atom. The third kappa shape index (κ3) is 9.20. The van der Waals surface area contributed by atoms with Crippen molar-refractivity contribution >= 4 is 35.2 Å². The molecule has 0 bridgehead atoms. The lowest BCUT2D eigenvalue weighted by molar-refractivity contribution is -0.136. The van der Waals surface area contributed by atoms with Crippen LogP contribution in [0.4, 0.5) is 5.69 Å². The Balaban J connectivity index is 2.26. The summed E-state index contributed by atoms with van der Waals surface area (Å²) in [6.07, 6.45) is 0.263.